The number of carbonyl (C=O) groups is 2. The van der Waals surface area contributed by atoms with E-state index in [9.17, 15) is 9.59 Å². The van der Waals surface area contributed by atoms with E-state index in [1.807, 2.05) is 48.5 Å². The molecular formula is C27H30N2O3. The van der Waals surface area contributed by atoms with Crippen molar-refractivity contribution in [2.45, 2.75) is 39.5 Å². The van der Waals surface area contributed by atoms with Gasteiger partial charge in [0, 0.05) is 16.9 Å². The number of hydrogen-bond donors (Lipinski definition) is 2. The molecule has 5 nitrogen and oxygen atoms in total. The first kappa shape index (κ1) is 23.1. The van der Waals surface area contributed by atoms with Gasteiger partial charge in [-0.1, -0.05) is 52.0 Å². The number of anilines is 2. The van der Waals surface area contributed by atoms with Crippen molar-refractivity contribution in [3.8, 4) is 5.75 Å². The fourth-order valence-corrected chi connectivity index (χ4v) is 3.16. The van der Waals surface area contributed by atoms with Crippen molar-refractivity contribution in [2.75, 3.05) is 17.2 Å². The lowest BCUT2D eigenvalue weighted by atomic mass is 9.87. The Bertz CT molecular complexity index is 1070. The van der Waals surface area contributed by atoms with Crippen molar-refractivity contribution in [2.24, 2.45) is 0 Å². The molecule has 0 bridgehead atoms. The lowest BCUT2D eigenvalue weighted by Crippen LogP contribution is -2.20. The van der Waals surface area contributed by atoms with Crippen molar-refractivity contribution in [3.05, 3.63) is 89.5 Å². The van der Waals surface area contributed by atoms with Crippen molar-refractivity contribution in [3.63, 3.8) is 0 Å². The van der Waals surface area contributed by atoms with Crippen molar-refractivity contribution in [1.29, 1.82) is 0 Å². The third-order valence-corrected chi connectivity index (χ3v) is 5.12. The number of hydrogen-bond acceptors (Lipinski definition) is 3. The Morgan fingerprint density at radius 2 is 1.47 bits per heavy atom. The van der Waals surface area contributed by atoms with E-state index in [1.54, 1.807) is 24.3 Å². The highest BCUT2D eigenvalue weighted by atomic mass is 16.5. The summed E-state index contributed by atoms with van der Waals surface area (Å²) in [4.78, 5) is 24.7. The van der Waals surface area contributed by atoms with Crippen LogP contribution in [0.1, 0.15) is 49.2 Å². The van der Waals surface area contributed by atoms with E-state index in [0.29, 0.717) is 22.7 Å². The quantitative estimate of drug-likeness (QED) is 0.497. The second kappa shape index (κ2) is 10.1. The molecule has 0 atom stereocenters. The van der Waals surface area contributed by atoms with E-state index in [2.05, 4.69) is 38.3 Å². The number of aryl methyl sites for hydroxylation is 1. The van der Waals surface area contributed by atoms with Crippen LogP contribution in [-0.2, 0) is 16.6 Å². The Balaban J connectivity index is 1.52. The number of rotatable bonds is 7. The number of ether oxygens (including phenoxy) is 1. The van der Waals surface area contributed by atoms with Gasteiger partial charge >= 0.3 is 0 Å². The van der Waals surface area contributed by atoms with Gasteiger partial charge in [0.2, 0.25) is 0 Å². The summed E-state index contributed by atoms with van der Waals surface area (Å²) in [6.45, 7) is 8.41. The first-order chi connectivity index (χ1) is 15.2. The van der Waals surface area contributed by atoms with Gasteiger partial charge in [-0.25, -0.2) is 0 Å². The van der Waals surface area contributed by atoms with E-state index in [-0.39, 0.29) is 23.8 Å². The largest absolute Gasteiger partial charge is 0.484 e. The molecule has 5 heteroatoms. The smallest absolute Gasteiger partial charge is 0.262 e. The van der Waals surface area contributed by atoms with Gasteiger partial charge in [0.05, 0.1) is 0 Å². The molecule has 0 saturated heterocycles. The lowest BCUT2D eigenvalue weighted by molar-refractivity contribution is -0.118. The summed E-state index contributed by atoms with van der Waals surface area (Å²) in [5.74, 6) is 0.251. The molecule has 0 spiro atoms. The Morgan fingerprint density at radius 1 is 0.844 bits per heavy atom. The van der Waals surface area contributed by atoms with Crippen molar-refractivity contribution < 1.29 is 14.3 Å². The summed E-state index contributed by atoms with van der Waals surface area (Å²) in [6, 6.07) is 22.3. The maximum atomic E-state index is 12.5. The molecule has 0 radical (unpaired) electrons. The molecule has 3 aromatic carbocycles. The van der Waals surface area contributed by atoms with Crippen molar-refractivity contribution in [1.82, 2.24) is 0 Å². The minimum Gasteiger partial charge on any atom is -0.484 e. The molecule has 166 valence electrons. The molecule has 3 rings (SSSR count). The molecular weight excluding hydrogens is 400 g/mol. The van der Waals surface area contributed by atoms with Gasteiger partial charge in [0.1, 0.15) is 5.75 Å². The molecule has 0 unspecified atom stereocenters. The topological polar surface area (TPSA) is 67.4 Å². The van der Waals surface area contributed by atoms with Gasteiger partial charge < -0.3 is 15.4 Å². The first-order valence-corrected chi connectivity index (χ1v) is 10.8. The molecule has 2 N–H and O–H groups in total. The van der Waals surface area contributed by atoms with E-state index in [0.717, 1.165) is 12.0 Å². The van der Waals surface area contributed by atoms with Crippen LogP contribution in [-0.4, -0.2) is 18.4 Å². The van der Waals surface area contributed by atoms with E-state index >= 15 is 0 Å². The number of benzene rings is 3. The van der Waals surface area contributed by atoms with Gasteiger partial charge in [-0.05, 0) is 71.5 Å². The van der Waals surface area contributed by atoms with E-state index in [1.165, 1.54) is 5.56 Å². The summed E-state index contributed by atoms with van der Waals surface area (Å²) in [7, 11) is 0. The highest BCUT2D eigenvalue weighted by Crippen LogP contribution is 2.22. The predicted octanol–water partition coefficient (Wildman–Crippen LogP) is 5.82. The van der Waals surface area contributed by atoms with Crippen LogP contribution in [0.25, 0.3) is 0 Å². The van der Waals surface area contributed by atoms with Gasteiger partial charge in [-0.2, -0.15) is 0 Å². The second-order valence-corrected chi connectivity index (χ2v) is 8.70. The Labute approximate surface area is 189 Å². The molecule has 0 aromatic heterocycles. The average molecular weight is 431 g/mol. The normalized spacial score (nSPS) is 11.0. The molecule has 2 amide bonds. The molecule has 0 saturated carbocycles. The summed E-state index contributed by atoms with van der Waals surface area (Å²) in [5.41, 5.74) is 4.26. The number of amides is 2. The second-order valence-electron chi connectivity index (χ2n) is 8.70. The summed E-state index contributed by atoms with van der Waals surface area (Å²) >= 11 is 0. The third-order valence-electron chi connectivity index (χ3n) is 5.12. The maximum Gasteiger partial charge on any atom is 0.262 e. The first-order valence-electron chi connectivity index (χ1n) is 10.8. The van der Waals surface area contributed by atoms with Crippen LogP contribution < -0.4 is 15.4 Å². The monoisotopic (exact) mass is 430 g/mol. The maximum absolute atomic E-state index is 12.5. The van der Waals surface area contributed by atoms with Gasteiger partial charge in [-0.15, -0.1) is 0 Å². The third kappa shape index (κ3) is 6.45. The number of carbonyl (C=O) groups excluding carboxylic acids is 2. The van der Waals surface area contributed by atoms with E-state index < -0.39 is 0 Å². The Morgan fingerprint density at radius 3 is 2.06 bits per heavy atom. The van der Waals surface area contributed by atoms with Crippen LogP contribution in [0.5, 0.6) is 5.75 Å². The van der Waals surface area contributed by atoms with Crippen LogP contribution in [0.3, 0.4) is 0 Å². The highest BCUT2D eigenvalue weighted by molar-refractivity contribution is 6.04. The standard InChI is InChI=1S/C27H30N2O3/c1-5-19-7-6-8-24(17-19)32-18-25(30)28-22-13-15-23(16-14-22)29-26(31)20-9-11-21(12-10-20)27(2,3)4/h6-17H,5,18H2,1-4H3,(H,28,30)(H,29,31). The van der Waals surface area contributed by atoms with Crippen LogP contribution >= 0.6 is 0 Å². The fraction of sp³-hybridized carbons (Fsp3) is 0.259. The summed E-state index contributed by atoms with van der Waals surface area (Å²) < 4.78 is 5.57. The zero-order valence-corrected chi connectivity index (χ0v) is 19.1. The number of nitrogens with one attached hydrogen (secondary N) is 2. The fourth-order valence-electron chi connectivity index (χ4n) is 3.16. The molecule has 0 heterocycles. The highest BCUT2D eigenvalue weighted by Gasteiger charge is 2.14. The summed E-state index contributed by atoms with van der Waals surface area (Å²) in [5, 5.41) is 5.67. The Kier molecular flexibility index (Phi) is 7.31. The molecule has 0 aliphatic carbocycles. The molecule has 0 aliphatic heterocycles. The van der Waals surface area contributed by atoms with Crippen LogP contribution in [0, 0.1) is 0 Å². The molecule has 32 heavy (non-hydrogen) atoms. The molecule has 0 aliphatic rings. The predicted molar refractivity (Wildman–Crippen MR) is 129 cm³/mol. The molecule has 3 aromatic rings. The van der Waals surface area contributed by atoms with Crippen LogP contribution in [0.2, 0.25) is 0 Å². The van der Waals surface area contributed by atoms with E-state index in [4.69, 9.17) is 4.74 Å². The van der Waals surface area contributed by atoms with Crippen LogP contribution in [0.15, 0.2) is 72.8 Å². The van der Waals surface area contributed by atoms with Crippen molar-refractivity contribution >= 4 is 23.2 Å². The van der Waals surface area contributed by atoms with Crippen LogP contribution in [0.4, 0.5) is 11.4 Å². The molecule has 0 fully saturated rings. The zero-order chi connectivity index (χ0) is 23.1. The van der Waals surface area contributed by atoms with Gasteiger partial charge in [-0.3, -0.25) is 9.59 Å². The minimum atomic E-state index is -0.248. The Hall–Kier alpha value is -3.60. The van der Waals surface area contributed by atoms with Gasteiger partial charge in [0.25, 0.3) is 11.8 Å². The average Bonchev–Trinajstić information content (AvgIpc) is 2.78. The zero-order valence-electron chi connectivity index (χ0n) is 19.1. The lowest BCUT2D eigenvalue weighted by Gasteiger charge is -2.19. The minimum absolute atomic E-state index is 0.0415. The SMILES string of the molecule is CCc1cccc(OCC(=O)Nc2ccc(NC(=O)c3ccc(C(C)(C)C)cc3)cc2)c1. The van der Waals surface area contributed by atoms with Gasteiger partial charge in [0.15, 0.2) is 6.61 Å². The summed E-state index contributed by atoms with van der Waals surface area (Å²) in [6.07, 6.45) is 0.911.